The van der Waals surface area contributed by atoms with Crippen LogP contribution in [0.5, 0.6) is 0 Å². The van der Waals surface area contributed by atoms with Crippen LogP contribution in [0.15, 0.2) is 54.6 Å². The summed E-state index contributed by atoms with van der Waals surface area (Å²) in [6.07, 6.45) is 2.01. The van der Waals surface area contributed by atoms with Gasteiger partial charge in [-0.15, -0.1) is 0 Å². The number of unbranched alkanes of at least 4 members (excludes halogenated alkanes) is 1. The molecule has 3 rings (SSSR count). The number of aromatic nitrogens is 2. The first-order chi connectivity index (χ1) is 12.6. The van der Waals surface area contributed by atoms with E-state index >= 15 is 0 Å². The number of rotatable bonds is 6. The molecule has 0 saturated heterocycles. The molecule has 0 radical (unpaired) electrons. The van der Waals surface area contributed by atoms with E-state index < -0.39 is 0 Å². The van der Waals surface area contributed by atoms with Crippen LogP contribution in [0.2, 0.25) is 0 Å². The van der Waals surface area contributed by atoms with Gasteiger partial charge in [0.25, 0.3) is 5.91 Å². The van der Waals surface area contributed by atoms with Crippen molar-refractivity contribution in [1.82, 2.24) is 15.1 Å². The Morgan fingerprint density at radius 1 is 1.08 bits per heavy atom. The summed E-state index contributed by atoms with van der Waals surface area (Å²) in [6.45, 7) is 6.90. The highest BCUT2D eigenvalue weighted by Crippen LogP contribution is 2.23. The van der Waals surface area contributed by atoms with Gasteiger partial charge in [-0.1, -0.05) is 61.4 Å². The molecule has 134 valence electrons. The fourth-order valence-corrected chi connectivity index (χ4v) is 2.99. The van der Waals surface area contributed by atoms with Gasteiger partial charge in [0, 0.05) is 12.1 Å². The van der Waals surface area contributed by atoms with Crippen molar-refractivity contribution in [3.63, 3.8) is 0 Å². The summed E-state index contributed by atoms with van der Waals surface area (Å²) in [7, 11) is 0. The maximum atomic E-state index is 12.8. The molecule has 0 fully saturated rings. The van der Waals surface area contributed by atoms with Crippen LogP contribution in [0, 0.1) is 13.8 Å². The van der Waals surface area contributed by atoms with Crippen LogP contribution in [0.1, 0.15) is 41.4 Å². The third kappa shape index (κ3) is 3.85. The van der Waals surface area contributed by atoms with Gasteiger partial charge in [0.1, 0.15) is 5.69 Å². The first-order valence-electron chi connectivity index (χ1n) is 9.11. The van der Waals surface area contributed by atoms with Crippen molar-refractivity contribution in [3.8, 4) is 16.9 Å². The maximum absolute atomic E-state index is 12.8. The monoisotopic (exact) mass is 347 g/mol. The summed E-state index contributed by atoms with van der Waals surface area (Å²) < 4.78 is 1.76. The van der Waals surface area contributed by atoms with E-state index in [1.165, 1.54) is 5.56 Å². The lowest BCUT2D eigenvalue weighted by atomic mass is 10.1. The molecule has 2 aromatic carbocycles. The van der Waals surface area contributed by atoms with Gasteiger partial charge in [-0.3, -0.25) is 4.79 Å². The molecule has 4 heteroatoms. The van der Waals surface area contributed by atoms with Crippen molar-refractivity contribution in [2.45, 2.75) is 33.6 Å². The fraction of sp³-hybridized carbons (Fsp3) is 0.273. The Balaban J connectivity index is 2.05. The molecule has 0 spiro atoms. The Labute approximate surface area is 154 Å². The zero-order valence-corrected chi connectivity index (χ0v) is 15.6. The second kappa shape index (κ2) is 8.00. The van der Waals surface area contributed by atoms with Crippen LogP contribution in [0.25, 0.3) is 16.9 Å². The number of carbonyl (C=O) groups excluding carboxylic acids is 1. The minimum Gasteiger partial charge on any atom is -0.351 e. The van der Waals surface area contributed by atoms with E-state index in [0.29, 0.717) is 12.2 Å². The second-order valence-corrected chi connectivity index (χ2v) is 6.59. The van der Waals surface area contributed by atoms with Crippen LogP contribution in [0.3, 0.4) is 0 Å². The van der Waals surface area contributed by atoms with E-state index in [0.717, 1.165) is 35.3 Å². The molecule has 1 aromatic heterocycles. The predicted molar refractivity (Wildman–Crippen MR) is 106 cm³/mol. The molecule has 1 N–H and O–H groups in total. The molecule has 0 atom stereocenters. The molecular weight excluding hydrogens is 322 g/mol. The Bertz CT molecular complexity index is 897. The highest BCUT2D eigenvalue weighted by molar-refractivity contribution is 5.94. The SMILES string of the molecule is CCCCNC(=O)c1cc(-c2ccccc2)nn1-c1ccc(C)cc1C. The van der Waals surface area contributed by atoms with Crippen molar-refractivity contribution < 1.29 is 4.79 Å². The molecule has 26 heavy (non-hydrogen) atoms. The fourth-order valence-electron chi connectivity index (χ4n) is 2.99. The van der Waals surface area contributed by atoms with E-state index in [9.17, 15) is 4.79 Å². The minimum absolute atomic E-state index is 0.0897. The number of benzene rings is 2. The van der Waals surface area contributed by atoms with Crippen molar-refractivity contribution in [1.29, 1.82) is 0 Å². The van der Waals surface area contributed by atoms with Crippen LogP contribution in [-0.4, -0.2) is 22.2 Å². The molecule has 4 nitrogen and oxygen atoms in total. The zero-order valence-electron chi connectivity index (χ0n) is 15.6. The lowest BCUT2D eigenvalue weighted by Crippen LogP contribution is -2.26. The lowest BCUT2D eigenvalue weighted by Gasteiger charge is -2.11. The molecule has 1 heterocycles. The van der Waals surface area contributed by atoms with Gasteiger partial charge in [-0.25, -0.2) is 4.68 Å². The normalized spacial score (nSPS) is 10.7. The van der Waals surface area contributed by atoms with E-state index in [1.807, 2.05) is 55.5 Å². The van der Waals surface area contributed by atoms with Crippen molar-refractivity contribution in [2.75, 3.05) is 6.54 Å². The summed E-state index contributed by atoms with van der Waals surface area (Å²) in [5.41, 5.74) is 5.57. The molecule has 0 aliphatic carbocycles. The third-order valence-electron chi connectivity index (χ3n) is 4.41. The zero-order chi connectivity index (χ0) is 18.5. The van der Waals surface area contributed by atoms with Crippen LogP contribution in [-0.2, 0) is 0 Å². The molecule has 0 saturated carbocycles. The van der Waals surface area contributed by atoms with Crippen LogP contribution >= 0.6 is 0 Å². The Morgan fingerprint density at radius 3 is 2.54 bits per heavy atom. The number of nitrogens with one attached hydrogen (secondary N) is 1. The van der Waals surface area contributed by atoms with Crippen molar-refractivity contribution in [3.05, 3.63) is 71.4 Å². The van der Waals surface area contributed by atoms with Gasteiger partial charge in [0.15, 0.2) is 0 Å². The Morgan fingerprint density at radius 2 is 1.85 bits per heavy atom. The molecule has 0 aliphatic heterocycles. The maximum Gasteiger partial charge on any atom is 0.270 e. The molecule has 0 bridgehead atoms. The van der Waals surface area contributed by atoms with Crippen LogP contribution < -0.4 is 5.32 Å². The van der Waals surface area contributed by atoms with E-state index in [-0.39, 0.29) is 5.91 Å². The molecule has 3 aromatic rings. The van der Waals surface area contributed by atoms with Crippen molar-refractivity contribution in [2.24, 2.45) is 0 Å². The van der Waals surface area contributed by atoms with Gasteiger partial charge in [0.2, 0.25) is 0 Å². The van der Waals surface area contributed by atoms with E-state index in [4.69, 9.17) is 5.10 Å². The smallest absolute Gasteiger partial charge is 0.270 e. The lowest BCUT2D eigenvalue weighted by molar-refractivity contribution is 0.0945. The molecular formula is C22H25N3O. The van der Waals surface area contributed by atoms with Crippen LogP contribution in [0.4, 0.5) is 0 Å². The molecule has 1 amide bonds. The third-order valence-corrected chi connectivity index (χ3v) is 4.41. The molecule has 0 aliphatic rings. The highest BCUT2D eigenvalue weighted by Gasteiger charge is 2.18. The standard InChI is InChI=1S/C22H25N3O/c1-4-5-13-23-22(26)21-15-19(18-9-7-6-8-10-18)24-25(21)20-12-11-16(2)14-17(20)3/h6-12,14-15H,4-5,13H2,1-3H3,(H,23,26). The number of aryl methyl sites for hydroxylation is 2. The van der Waals surface area contributed by atoms with Gasteiger partial charge >= 0.3 is 0 Å². The summed E-state index contributed by atoms with van der Waals surface area (Å²) in [4.78, 5) is 12.8. The summed E-state index contributed by atoms with van der Waals surface area (Å²) in [5.74, 6) is -0.0897. The highest BCUT2D eigenvalue weighted by atomic mass is 16.2. The summed E-state index contributed by atoms with van der Waals surface area (Å²) >= 11 is 0. The minimum atomic E-state index is -0.0897. The quantitative estimate of drug-likeness (QED) is 0.658. The second-order valence-electron chi connectivity index (χ2n) is 6.59. The Hall–Kier alpha value is -2.88. The van der Waals surface area contributed by atoms with E-state index in [2.05, 4.69) is 25.2 Å². The van der Waals surface area contributed by atoms with Gasteiger partial charge in [-0.05, 0) is 38.0 Å². The average molecular weight is 347 g/mol. The first-order valence-corrected chi connectivity index (χ1v) is 9.11. The molecule has 0 unspecified atom stereocenters. The largest absolute Gasteiger partial charge is 0.351 e. The predicted octanol–water partition coefficient (Wildman–Crippen LogP) is 4.69. The summed E-state index contributed by atoms with van der Waals surface area (Å²) in [6, 6.07) is 18.0. The number of amides is 1. The average Bonchev–Trinajstić information content (AvgIpc) is 3.08. The van der Waals surface area contributed by atoms with Gasteiger partial charge in [0.05, 0.1) is 11.4 Å². The first kappa shape index (κ1) is 17.9. The van der Waals surface area contributed by atoms with Crippen molar-refractivity contribution >= 4 is 5.91 Å². The van der Waals surface area contributed by atoms with Gasteiger partial charge < -0.3 is 5.32 Å². The number of hydrogen-bond donors (Lipinski definition) is 1. The van der Waals surface area contributed by atoms with Gasteiger partial charge in [-0.2, -0.15) is 5.10 Å². The number of carbonyl (C=O) groups is 1. The topological polar surface area (TPSA) is 46.9 Å². The summed E-state index contributed by atoms with van der Waals surface area (Å²) in [5, 5.41) is 7.75. The van der Waals surface area contributed by atoms with E-state index in [1.54, 1.807) is 4.68 Å². The Kier molecular flexibility index (Phi) is 5.52. The number of hydrogen-bond acceptors (Lipinski definition) is 2. The number of nitrogens with zero attached hydrogens (tertiary/aromatic N) is 2.